The molecule has 25 heavy (non-hydrogen) atoms. The summed E-state index contributed by atoms with van der Waals surface area (Å²) in [6.45, 7) is 3.62. The Hall–Kier alpha value is -1.74. The van der Waals surface area contributed by atoms with Gasteiger partial charge in [-0.3, -0.25) is 9.59 Å². The molecular formula is C18H17BrIN3O2. The summed E-state index contributed by atoms with van der Waals surface area (Å²) in [6.07, 6.45) is 0.0997. The molecule has 0 aliphatic rings. The first-order valence-corrected chi connectivity index (χ1v) is 9.37. The molecule has 0 saturated heterocycles. The molecule has 5 nitrogen and oxygen atoms in total. The fourth-order valence-corrected chi connectivity index (χ4v) is 2.88. The number of benzene rings is 2. The molecule has 0 atom stereocenters. The van der Waals surface area contributed by atoms with Crippen LogP contribution >= 0.6 is 38.5 Å². The number of halogens is 2. The number of aryl methyl sites for hydroxylation is 1. The van der Waals surface area contributed by atoms with Crippen molar-refractivity contribution < 1.29 is 9.59 Å². The highest BCUT2D eigenvalue weighted by atomic mass is 127. The summed E-state index contributed by atoms with van der Waals surface area (Å²) in [5.41, 5.74) is 5.22. The number of carbonyl (C=O) groups excluding carboxylic acids is 2. The Bertz CT molecular complexity index is 820. The predicted octanol–water partition coefficient (Wildman–Crippen LogP) is 4.50. The Morgan fingerprint density at radius 2 is 1.84 bits per heavy atom. The minimum absolute atomic E-state index is 0.0997. The van der Waals surface area contributed by atoms with Gasteiger partial charge in [0.05, 0.1) is 6.42 Å². The van der Waals surface area contributed by atoms with Gasteiger partial charge in [-0.2, -0.15) is 5.10 Å². The molecule has 2 amide bonds. The second kappa shape index (κ2) is 9.10. The molecule has 0 aliphatic heterocycles. The molecule has 0 unspecified atom stereocenters. The Labute approximate surface area is 168 Å². The summed E-state index contributed by atoms with van der Waals surface area (Å²) in [6, 6.07) is 12.8. The van der Waals surface area contributed by atoms with Crippen LogP contribution in [0, 0.1) is 10.5 Å². The number of nitrogens with one attached hydrogen (secondary N) is 2. The van der Waals surface area contributed by atoms with E-state index in [-0.39, 0.29) is 18.2 Å². The van der Waals surface area contributed by atoms with Gasteiger partial charge in [0.2, 0.25) is 5.91 Å². The summed E-state index contributed by atoms with van der Waals surface area (Å²) in [5.74, 6) is -0.491. The number of hydrazone groups is 1. The summed E-state index contributed by atoms with van der Waals surface area (Å²) < 4.78 is 2.01. The maximum absolute atomic E-state index is 12.1. The lowest BCUT2D eigenvalue weighted by Crippen LogP contribution is -2.21. The largest absolute Gasteiger partial charge is 0.326 e. The molecule has 2 rings (SSSR count). The van der Waals surface area contributed by atoms with E-state index in [2.05, 4.69) is 54.4 Å². The molecule has 0 saturated carbocycles. The van der Waals surface area contributed by atoms with Crippen LogP contribution in [0.4, 0.5) is 5.69 Å². The van der Waals surface area contributed by atoms with Gasteiger partial charge in [0.25, 0.3) is 5.91 Å². The van der Waals surface area contributed by atoms with E-state index in [1.165, 1.54) is 0 Å². The lowest BCUT2D eigenvalue weighted by atomic mass is 10.2. The van der Waals surface area contributed by atoms with Crippen molar-refractivity contribution in [1.82, 2.24) is 5.43 Å². The number of hydrogen-bond donors (Lipinski definition) is 2. The Kier molecular flexibility index (Phi) is 7.12. The molecule has 130 valence electrons. The summed E-state index contributed by atoms with van der Waals surface area (Å²) in [5, 5.41) is 6.83. The van der Waals surface area contributed by atoms with Crippen molar-refractivity contribution in [1.29, 1.82) is 0 Å². The van der Waals surface area contributed by atoms with Crippen LogP contribution in [-0.2, 0) is 4.79 Å². The zero-order valence-electron chi connectivity index (χ0n) is 13.8. The first-order chi connectivity index (χ1) is 11.8. The molecule has 0 spiro atoms. The van der Waals surface area contributed by atoms with Gasteiger partial charge in [-0.15, -0.1) is 0 Å². The van der Waals surface area contributed by atoms with E-state index in [1.54, 1.807) is 19.1 Å². The second-order valence-electron chi connectivity index (χ2n) is 5.48. The van der Waals surface area contributed by atoms with Crippen molar-refractivity contribution >= 4 is 61.7 Å². The second-order valence-corrected chi connectivity index (χ2v) is 7.64. The zero-order valence-corrected chi connectivity index (χ0v) is 17.5. The van der Waals surface area contributed by atoms with Gasteiger partial charge in [-0.1, -0.05) is 15.9 Å². The third kappa shape index (κ3) is 6.24. The van der Waals surface area contributed by atoms with Crippen LogP contribution in [0.3, 0.4) is 0 Å². The van der Waals surface area contributed by atoms with Crippen molar-refractivity contribution in [2.75, 3.05) is 5.32 Å². The van der Waals surface area contributed by atoms with Gasteiger partial charge in [0.15, 0.2) is 0 Å². The monoisotopic (exact) mass is 513 g/mol. The van der Waals surface area contributed by atoms with Crippen LogP contribution < -0.4 is 10.7 Å². The molecular weight excluding hydrogens is 497 g/mol. The summed E-state index contributed by atoms with van der Waals surface area (Å²) in [4.78, 5) is 24.1. The third-order valence-corrected chi connectivity index (χ3v) is 4.55. The predicted molar refractivity (Wildman–Crippen MR) is 112 cm³/mol. The van der Waals surface area contributed by atoms with Crippen LogP contribution in [0.15, 0.2) is 52.0 Å². The Morgan fingerprint density at radius 3 is 2.48 bits per heavy atom. The minimum Gasteiger partial charge on any atom is -0.326 e. The maximum Gasteiger partial charge on any atom is 0.271 e. The molecule has 2 aromatic rings. The van der Waals surface area contributed by atoms with Gasteiger partial charge < -0.3 is 5.32 Å². The van der Waals surface area contributed by atoms with Gasteiger partial charge in [-0.25, -0.2) is 5.43 Å². The van der Waals surface area contributed by atoms with E-state index < -0.39 is 0 Å². The number of rotatable bonds is 5. The van der Waals surface area contributed by atoms with Crippen LogP contribution in [0.2, 0.25) is 0 Å². The first-order valence-electron chi connectivity index (χ1n) is 7.50. The topological polar surface area (TPSA) is 70.6 Å². The molecule has 2 N–H and O–H groups in total. The average molecular weight is 514 g/mol. The van der Waals surface area contributed by atoms with Gasteiger partial charge in [0, 0.05) is 25.0 Å². The molecule has 0 radical (unpaired) electrons. The molecule has 0 heterocycles. The van der Waals surface area contributed by atoms with Crippen molar-refractivity contribution in [3.8, 4) is 0 Å². The number of nitrogens with zero attached hydrogens (tertiary/aromatic N) is 1. The van der Waals surface area contributed by atoms with Gasteiger partial charge in [0.1, 0.15) is 0 Å². The fourth-order valence-electron chi connectivity index (χ4n) is 2.05. The van der Waals surface area contributed by atoms with E-state index in [1.807, 2.05) is 37.3 Å². The van der Waals surface area contributed by atoms with E-state index in [4.69, 9.17) is 0 Å². The lowest BCUT2D eigenvalue weighted by molar-refractivity contribution is -0.115. The van der Waals surface area contributed by atoms with E-state index in [0.29, 0.717) is 11.3 Å². The highest BCUT2D eigenvalue weighted by Crippen LogP contribution is 2.20. The van der Waals surface area contributed by atoms with Crippen molar-refractivity contribution in [3.63, 3.8) is 0 Å². The Morgan fingerprint density at radius 1 is 1.16 bits per heavy atom. The van der Waals surface area contributed by atoms with Crippen molar-refractivity contribution in [3.05, 3.63) is 61.6 Å². The summed E-state index contributed by atoms with van der Waals surface area (Å²) in [7, 11) is 0. The molecule has 0 bridgehead atoms. The van der Waals surface area contributed by atoms with Crippen molar-refractivity contribution in [2.45, 2.75) is 20.3 Å². The minimum atomic E-state index is -0.306. The Balaban J connectivity index is 1.90. The zero-order chi connectivity index (χ0) is 18.4. The smallest absolute Gasteiger partial charge is 0.271 e. The van der Waals surface area contributed by atoms with Crippen LogP contribution in [0.1, 0.15) is 29.3 Å². The lowest BCUT2D eigenvalue weighted by Gasteiger charge is -2.09. The summed E-state index contributed by atoms with van der Waals surface area (Å²) >= 11 is 5.56. The van der Waals surface area contributed by atoms with Crippen LogP contribution in [-0.4, -0.2) is 17.5 Å². The quantitative estimate of drug-likeness (QED) is 0.351. The highest BCUT2D eigenvalue weighted by molar-refractivity contribution is 14.1. The normalized spacial score (nSPS) is 11.1. The van der Waals surface area contributed by atoms with Gasteiger partial charge >= 0.3 is 0 Å². The number of carbonyl (C=O) groups is 2. The van der Waals surface area contributed by atoms with Gasteiger partial charge in [-0.05, 0) is 84.5 Å². The third-order valence-electron chi connectivity index (χ3n) is 3.33. The van der Waals surface area contributed by atoms with E-state index in [9.17, 15) is 9.59 Å². The number of anilines is 1. The van der Waals surface area contributed by atoms with E-state index >= 15 is 0 Å². The van der Waals surface area contributed by atoms with Crippen LogP contribution in [0.5, 0.6) is 0 Å². The van der Waals surface area contributed by atoms with Crippen molar-refractivity contribution in [2.24, 2.45) is 5.10 Å². The highest BCUT2D eigenvalue weighted by Gasteiger charge is 2.08. The molecule has 0 fully saturated rings. The molecule has 0 aromatic heterocycles. The molecule has 7 heteroatoms. The fraction of sp³-hybridized carbons (Fsp3) is 0.167. The molecule has 2 aromatic carbocycles. The maximum atomic E-state index is 12.1. The average Bonchev–Trinajstić information content (AvgIpc) is 2.56. The van der Waals surface area contributed by atoms with E-state index in [0.717, 1.165) is 19.3 Å². The SMILES string of the molecule is C/C(CC(=O)Nc1ccc(Br)cc1C)=N/NC(=O)c1ccc(I)cc1. The number of amides is 2. The first kappa shape index (κ1) is 19.6. The number of hydrogen-bond acceptors (Lipinski definition) is 3. The van der Waals surface area contributed by atoms with Crippen LogP contribution in [0.25, 0.3) is 0 Å². The standard InChI is InChI=1S/C18H17BrIN3O2/c1-11-9-14(19)5-8-16(11)21-17(24)10-12(2)22-23-18(25)13-3-6-15(20)7-4-13/h3-9H,10H2,1-2H3,(H,21,24)(H,23,25)/b22-12-. The molecule has 0 aliphatic carbocycles.